The molecule has 0 aliphatic carbocycles. The fourth-order valence-electron chi connectivity index (χ4n) is 2.16. The topological polar surface area (TPSA) is 43.7 Å². The predicted molar refractivity (Wildman–Crippen MR) is 99.0 cm³/mol. The molecule has 0 atom stereocenters. The quantitative estimate of drug-likeness (QED) is 0.350. The van der Waals surface area contributed by atoms with Crippen LogP contribution < -0.4 is 4.74 Å². The number of halogens is 1. The summed E-state index contributed by atoms with van der Waals surface area (Å²) >= 11 is 5.88. The molecule has 3 rings (SSSR count). The third kappa shape index (κ3) is 5.33. The van der Waals surface area contributed by atoms with Crippen LogP contribution >= 0.6 is 11.6 Å². The number of nitrogens with zero attached hydrogens (tertiary/aromatic N) is 2. The van der Waals surface area contributed by atoms with Crippen molar-refractivity contribution in [2.24, 2.45) is 5.16 Å². The van der Waals surface area contributed by atoms with Crippen molar-refractivity contribution in [3.8, 4) is 5.88 Å². The van der Waals surface area contributed by atoms with Crippen molar-refractivity contribution in [1.82, 2.24) is 4.98 Å². The number of aromatic nitrogens is 1. The number of hydrogen-bond donors (Lipinski definition) is 0. The Morgan fingerprint density at radius 1 is 0.880 bits per heavy atom. The van der Waals surface area contributed by atoms with E-state index in [1.54, 1.807) is 18.2 Å². The monoisotopic (exact) mass is 352 g/mol. The Morgan fingerprint density at radius 2 is 1.60 bits per heavy atom. The molecule has 0 amide bonds. The van der Waals surface area contributed by atoms with E-state index in [4.69, 9.17) is 21.2 Å². The highest BCUT2D eigenvalue weighted by molar-refractivity contribution is 6.29. The van der Waals surface area contributed by atoms with Crippen molar-refractivity contribution < 1.29 is 9.57 Å². The van der Waals surface area contributed by atoms with Crippen LogP contribution in [-0.2, 0) is 11.4 Å². The van der Waals surface area contributed by atoms with Crippen molar-refractivity contribution in [1.29, 1.82) is 0 Å². The third-order valence-corrected chi connectivity index (χ3v) is 3.61. The van der Waals surface area contributed by atoms with Gasteiger partial charge >= 0.3 is 0 Å². The van der Waals surface area contributed by atoms with Gasteiger partial charge in [-0.05, 0) is 11.6 Å². The third-order valence-electron chi connectivity index (χ3n) is 3.40. The lowest BCUT2D eigenvalue weighted by atomic mass is 10.1. The summed E-state index contributed by atoms with van der Waals surface area (Å²) in [5, 5.41) is 4.64. The van der Waals surface area contributed by atoms with Gasteiger partial charge < -0.3 is 9.57 Å². The number of hydrogen-bond acceptors (Lipinski definition) is 4. The molecule has 0 bridgehead atoms. The van der Waals surface area contributed by atoms with Gasteiger partial charge in [-0.15, -0.1) is 0 Å². The molecule has 1 aromatic heterocycles. The Balaban J connectivity index is 1.70. The van der Waals surface area contributed by atoms with E-state index in [0.717, 1.165) is 11.1 Å². The Bertz CT molecular complexity index is 823. The molecule has 5 heteroatoms. The molecule has 0 fully saturated rings. The molecule has 4 nitrogen and oxygen atoms in total. The summed E-state index contributed by atoms with van der Waals surface area (Å²) < 4.78 is 5.70. The first-order valence-corrected chi connectivity index (χ1v) is 8.22. The van der Waals surface area contributed by atoms with E-state index < -0.39 is 0 Å². The maximum atomic E-state index is 5.88. The molecule has 25 heavy (non-hydrogen) atoms. The van der Waals surface area contributed by atoms with E-state index >= 15 is 0 Å². The highest BCUT2D eigenvalue weighted by atomic mass is 35.5. The van der Waals surface area contributed by atoms with Crippen LogP contribution in [0.2, 0.25) is 5.15 Å². The number of oxime groups is 1. The number of rotatable bonds is 7. The van der Waals surface area contributed by atoms with Crippen LogP contribution in [0.5, 0.6) is 5.88 Å². The van der Waals surface area contributed by atoms with Gasteiger partial charge in [0.25, 0.3) is 0 Å². The van der Waals surface area contributed by atoms with E-state index in [1.165, 1.54) is 0 Å². The highest BCUT2D eigenvalue weighted by Gasteiger charge is 2.07. The van der Waals surface area contributed by atoms with Crippen molar-refractivity contribution in [3.05, 3.63) is 95.1 Å². The summed E-state index contributed by atoms with van der Waals surface area (Å²) in [7, 11) is 0. The average Bonchev–Trinajstić information content (AvgIpc) is 2.66. The lowest BCUT2D eigenvalue weighted by molar-refractivity contribution is 0.129. The molecule has 0 aliphatic rings. The van der Waals surface area contributed by atoms with Crippen LogP contribution in [-0.4, -0.2) is 17.3 Å². The average molecular weight is 353 g/mol. The number of benzene rings is 2. The maximum absolute atomic E-state index is 5.88. The van der Waals surface area contributed by atoms with Crippen molar-refractivity contribution in [2.75, 3.05) is 6.61 Å². The molecule has 126 valence electrons. The summed E-state index contributed by atoms with van der Waals surface area (Å²) in [5.41, 5.74) is 2.66. The molecule has 1 heterocycles. The lowest BCUT2D eigenvalue weighted by Crippen LogP contribution is -2.14. The van der Waals surface area contributed by atoms with Crippen LogP contribution in [0.4, 0.5) is 0 Å². The minimum absolute atomic E-state index is 0.228. The van der Waals surface area contributed by atoms with Crippen molar-refractivity contribution in [2.45, 2.75) is 6.61 Å². The van der Waals surface area contributed by atoms with Gasteiger partial charge in [0.05, 0.1) is 0 Å². The standard InChI is InChI=1S/C20H17ClN2O2/c21-19-12-7-13-20(22-19)24-15-18(17-10-5-2-6-11-17)23-25-14-16-8-3-1-4-9-16/h1-13H,14-15H2. The molecule has 3 aromatic rings. The van der Waals surface area contributed by atoms with Crippen LogP contribution in [0.1, 0.15) is 11.1 Å². The number of pyridine rings is 1. The minimum Gasteiger partial charge on any atom is -0.471 e. The SMILES string of the molecule is Clc1cccc(OCC(=NOCc2ccccc2)c2ccccc2)n1. The Hall–Kier alpha value is -2.85. The Morgan fingerprint density at radius 3 is 2.32 bits per heavy atom. The van der Waals surface area contributed by atoms with E-state index in [-0.39, 0.29) is 6.61 Å². The molecule has 0 aliphatic heterocycles. The van der Waals surface area contributed by atoms with Gasteiger partial charge in [-0.3, -0.25) is 0 Å². The molecule has 0 unspecified atom stereocenters. The normalized spacial score (nSPS) is 11.2. The van der Waals surface area contributed by atoms with E-state index in [2.05, 4.69) is 10.1 Å². The second kappa shape index (κ2) is 8.85. The smallest absolute Gasteiger partial charge is 0.215 e. The summed E-state index contributed by atoms with van der Waals surface area (Å²) in [5.74, 6) is 0.444. The molecule has 0 N–H and O–H groups in total. The van der Waals surface area contributed by atoms with Crippen LogP contribution in [0.3, 0.4) is 0 Å². The first kappa shape index (κ1) is 17.0. The maximum Gasteiger partial charge on any atom is 0.215 e. The van der Waals surface area contributed by atoms with Gasteiger partial charge in [-0.1, -0.05) is 83.5 Å². The molecular weight excluding hydrogens is 336 g/mol. The second-order valence-corrected chi connectivity index (χ2v) is 5.64. The first-order chi connectivity index (χ1) is 12.3. The highest BCUT2D eigenvalue weighted by Crippen LogP contribution is 2.12. The Kier molecular flexibility index (Phi) is 6.01. The largest absolute Gasteiger partial charge is 0.471 e. The molecule has 0 spiro atoms. The van der Waals surface area contributed by atoms with Gasteiger partial charge in [0.15, 0.2) is 0 Å². The summed E-state index contributed by atoms with van der Waals surface area (Å²) in [6.07, 6.45) is 0. The first-order valence-electron chi connectivity index (χ1n) is 7.85. The zero-order valence-electron chi connectivity index (χ0n) is 13.5. The van der Waals surface area contributed by atoms with Gasteiger partial charge in [0, 0.05) is 11.6 Å². The summed E-state index contributed by atoms with van der Waals surface area (Å²) in [4.78, 5) is 9.62. The second-order valence-electron chi connectivity index (χ2n) is 5.25. The van der Waals surface area contributed by atoms with Gasteiger partial charge in [-0.25, -0.2) is 4.98 Å². The Labute approximate surface area is 151 Å². The zero-order chi connectivity index (χ0) is 17.3. The molecule has 0 saturated carbocycles. The van der Waals surface area contributed by atoms with Crippen LogP contribution in [0, 0.1) is 0 Å². The zero-order valence-corrected chi connectivity index (χ0v) is 14.3. The predicted octanol–water partition coefficient (Wildman–Crippen LogP) is 4.73. The number of ether oxygens (including phenoxy) is 1. The van der Waals surface area contributed by atoms with E-state index in [9.17, 15) is 0 Å². The fraction of sp³-hybridized carbons (Fsp3) is 0.100. The lowest BCUT2D eigenvalue weighted by Gasteiger charge is -2.09. The van der Waals surface area contributed by atoms with Crippen LogP contribution in [0.25, 0.3) is 0 Å². The molecule has 0 saturated heterocycles. The fourth-order valence-corrected chi connectivity index (χ4v) is 2.32. The molecular formula is C20H17ClN2O2. The van der Waals surface area contributed by atoms with Crippen molar-refractivity contribution in [3.63, 3.8) is 0 Å². The summed E-state index contributed by atoms with van der Waals surface area (Å²) in [6, 6.07) is 24.9. The van der Waals surface area contributed by atoms with E-state index in [0.29, 0.717) is 23.4 Å². The summed E-state index contributed by atoms with van der Waals surface area (Å²) in [6.45, 7) is 0.624. The van der Waals surface area contributed by atoms with Gasteiger partial charge in [0.1, 0.15) is 24.1 Å². The van der Waals surface area contributed by atoms with Gasteiger partial charge in [-0.2, -0.15) is 0 Å². The molecule has 2 aromatic carbocycles. The van der Waals surface area contributed by atoms with Gasteiger partial charge in [0.2, 0.25) is 5.88 Å². The molecule has 0 radical (unpaired) electrons. The van der Waals surface area contributed by atoms with E-state index in [1.807, 2.05) is 60.7 Å². The minimum atomic E-state index is 0.228. The van der Waals surface area contributed by atoms with Crippen molar-refractivity contribution >= 4 is 17.3 Å². The van der Waals surface area contributed by atoms with Crippen LogP contribution in [0.15, 0.2) is 84.0 Å².